The van der Waals surface area contributed by atoms with E-state index >= 15 is 0 Å². The molecule has 12 heteroatoms. The van der Waals surface area contributed by atoms with Crippen LogP contribution in [0.15, 0.2) is 49.6 Å². The third-order valence-electron chi connectivity index (χ3n) is 2.30. The highest BCUT2D eigenvalue weighted by atomic mass is 79.9. The molecule has 0 fully saturated rings. The lowest BCUT2D eigenvalue weighted by atomic mass is 10.4. The Morgan fingerprint density at radius 2 is 1.68 bits per heavy atom. The Bertz CT molecular complexity index is 935. The van der Waals surface area contributed by atoms with Gasteiger partial charge < -0.3 is 0 Å². The molecule has 2 aromatic rings. The van der Waals surface area contributed by atoms with Crippen molar-refractivity contribution in [2.24, 2.45) is 0 Å². The van der Waals surface area contributed by atoms with Crippen molar-refractivity contribution < 1.29 is 16.8 Å². The molecule has 7 nitrogen and oxygen atoms in total. The van der Waals surface area contributed by atoms with Gasteiger partial charge in [0, 0.05) is 32.0 Å². The summed E-state index contributed by atoms with van der Waals surface area (Å²) in [6.45, 7) is 0. The number of hydrogen-bond donors (Lipinski definition) is 1. The fourth-order valence-corrected chi connectivity index (χ4v) is 4.64. The largest absolute Gasteiger partial charge is 0.280 e. The van der Waals surface area contributed by atoms with Gasteiger partial charge in [0.05, 0.1) is 0 Å². The molecule has 0 amide bonds. The van der Waals surface area contributed by atoms with Gasteiger partial charge in [-0.1, -0.05) is 15.9 Å². The van der Waals surface area contributed by atoms with Crippen LogP contribution < -0.4 is 4.72 Å². The van der Waals surface area contributed by atoms with Gasteiger partial charge in [-0.05, 0) is 34.1 Å². The van der Waals surface area contributed by atoms with Crippen LogP contribution in [0.4, 0.5) is 5.69 Å². The van der Waals surface area contributed by atoms with E-state index in [-0.39, 0.29) is 15.2 Å². The normalized spacial score (nSPS) is 12.1. The average Bonchev–Trinajstić information content (AvgIpc) is 2.39. The number of nitrogens with zero attached hydrogens (tertiary/aromatic N) is 2. The number of sulfonamides is 1. The van der Waals surface area contributed by atoms with Crippen LogP contribution in [0.25, 0.3) is 0 Å². The summed E-state index contributed by atoms with van der Waals surface area (Å²) < 4.78 is 50.4. The molecule has 0 unspecified atom stereocenters. The van der Waals surface area contributed by atoms with Crippen molar-refractivity contribution in [1.29, 1.82) is 0 Å². The summed E-state index contributed by atoms with van der Waals surface area (Å²) in [5.74, 6) is 0. The van der Waals surface area contributed by atoms with Crippen LogP contribution in [0.3, 0.4) is 0 Å². The van der Waals surface area contributed by atoms with Crippen molar-refractivity contribution in [3.05, 3.63) is 39.5 Å². The van der Waals surface area contributed by atoms with Crippen LogP contribution in [-0.2, 0) is 19.1 Å². The lowest BCUT2D eigenvalue weighted by molar-refractivity contribution is 0.597. The Hall–Kier alpha value is -0.750. The summed E-state index contributed by atoms with van der Waals surface area (Å²) in [6.07, 6.45) is 2.46. The number of anilines is 1. The molecule has 0 aromatic carbocycles. The van der Waals surface area contributed by atoms with E-state index in [1.54, 1.807) is 6.07 Å². The molecular weight excluding hydrogens is 486 g/mol. The van der Waals surface area contributed by atoms with Gasteiger partial charge in [0.2, 0.25) is 0 Å². The zero-order valence-corrected chi connectivity index (χ0v) is 15.9. The zero-order valence-electron chi connectivity index (χ0n) is 10.4. The number of halogens is 3. The lowest BCUT2D eigenvalue weighted by Crippen LogP contribution is -2.17. The number of nitrogens with one attached hydrogen (secondary N) is 1. The van der Waals surface area contributed by atoms with Crippen molar-refractivity contribution >= 4 is 67.3 Å². The first-order valence-electron chi connectivity index (χ1n) is 5.35. The van der Waals surface area contributed by atoms with Crippen molar-refractivity contribution in [2.45, 2.75) is 10.1 Å². The van der Waals surface area contributed by atoms with Gasteiger partial charge in [0.25, 0.3) is 19.1 Å². The van der Waals surface area contributed by atoms with E-state index in [1.807, 2.05) is 0 Å². The van der Waals surface area contributed by atoms with Gasteiger partial charge >= 0.3 is 0 Å². The van der Waals surface area contributed by atoms with Gasteiger partial charge in [-0.15, -0.1) is 0 Å². The smallest absolute Gasteiger partial charge is 0.274 e. The maximum atomic E-state index is 12.3. The van der Waals surface area contributed by atoms with Crippen LogP contribution in [-0.4, -0.2) is 26.8 Å². The van der Waals surface area contributed by atoms with Crippen molar-refractivity contribution in [3.8, 4) is 0 Å². The summed E-state index contributed by atoms with van der Waals surface area (Å²) in [6, 6.07) is 4.19. The van der Waals surface area contributed by atoms with E-state index in [1.165, 1.54) is 24.5 Å². The van der Waals surface area contributed by atoms with Crippen LogP contribution in [0.1, 0.15) is 0 Å². The first kappa shape index (κ1) is 17.6. The van der Waals surface area contributed by atoms with Crippen LogP contribution in [0, 0.1) is 0 Å². The molecule has 0 saturated carbocycles. The lowest BCUT2D eigenvalue weighted by Gasteiger charge is -2.11. The summed E-state index contributed by atoms with van der Waals surface area (Å²) in [4.78, 5) is 7.33. The minimum Gasteiger partial charge on any atom is -0.274 e. The maximum absolute atomic E-state index is 12.3. The minimum absolute atomic E-state index is 0.167. The molecule has 2 aromatic heterocycles. The number of hydrogen-bond acceptors (Lipinski definition) is 6. The number of aromatic nitrogens is 2. The zero-order chi connectivity index (χ0) is 16.5. The molecule has 0 aliphatic heterocycles. The third kappa shape index (κ3) is 3.96. The highest BCUT2D eigenvalue weighted by molar-refractivity contribution is 9.10. The summed E-state index contributed by atoms with van der Waals surface area (Å²) >= 11 is 6.19. The Kier molecular flexibility index (Phi) is 5.12. The van der Waals surface area contributed by atoms with Crippen molar-refractivity contribution in [1.82, 2.24) is 9.97 Å². The second-order valence-electron chi connectivity index (χ2n) is 3.83. The SMILES string of the molecule is O=S(=O)(Cl)c1nccc(Br)c1NS(=O)(=O)c1cc(Br)ccn1. The molecule has 0 bridgehead atoms. The molecule has 118 valence electrons. The molecule has 0 aliphatic carbocycles. The summed E-state index contributed by atoms with van der Waals surface area (Å²) in [5, 5.41) is -0.905. The summed E-state index contributed by atoms with van der Waals surface area (Å²) in [7, 11) is -3.10. The monoisotopic (exact) mass is 489 g/mol. The van der Waals surface area contributed by atoms with Gasteiger partial charge in [0.15, 0.2) is 10.1 Å². The molecule has 2 rings (SSSR count). The van der Waals surface area contributed by atoms with E-state index in [9.17, 15) is 16.8 Å². The van der Waals surface area contributed by atoms with Crippen molar-refractivity contribution in [2.75, 3.05) is 4.72 Å². The second-order valence-corrected chi connectivity index (χ2v) is 9.71. The molecule has 22 heavy (non-hydrogen) atoms. The predicted octanol–water partition coefficient (Wildman–Crippen LogP) is 2.73. The first-order valence-corrected chi connectivity index (χ1v) is 10.7. The highest BCUT2D eigenvalue weighted by Crippen LogP contribution is 2.31. The number of rotatable bonds is 4. The molecule has 0 aliphatic rings. The molecular formula is C10H6Br2ClN3O4S2. The molecule has 0 saturated heterocycles. The molecule has 1 N–H and O–H groups in total. The van der Waals surface area contributed by atoms with Crippen molar-refractivity contribution in [3.63, 3.8) is 0 Å². The van der Waals surface area contributed by atoms with Gasteiger partial charge in [0.1, 0.15) is 5.69 Å². The number of pyridine rings is 2. The Labute approximate surface area is 147 Å². The van der Waals surface area contributed by atoms with E-state index in [0.717, 1.165) is 0 Å². The van der Waals surface area contributed by atoms with E-state index in [4.69, 9.17) is 10.7 Å². The highest BCUT2D eigenvalue weighted by Gasteiger charge is 2.25. The van der Waals surface area contributed by atoms with E-state index < -0.39 is 24.1 Å². The molecule has 0 radical (unpaired) electrons. The van der Waals surface area contributed by atoms with Crippen LogP contribution in [0.5, 0.6) is 0 Å². The maximum Gasteiger partial charge on any atom is 0.280 e. The Morgan fingerprint density at radius 3 is 2.27 bits per heavy atom. The quantitative estimate of drug-likeness (QED) is 0.660. The Morgan fingerprint density at radius 1 is 1.05 bits per heavy atom. The fourth-order valence-electron chi connectivity index (χ4n) is 1.42. The average molecular weight is 492 g/mol. The third-order valence-corrected chi connectivity index (χ3v) is 5.92. The molecule has 2 heterocycles. The van der Waals surface area contributed by atoms with Gasteiger partial charge in [-0.25, -0.2) is 18.4 Å². The summed E-state index contributed by atoms with van der Waals surface area (Å²) in [5.41, 5.74) is -0.292. The van der Waals surface area contributed by atoms with Gasteiger partial charge in [-0.3, -0.25) is 4.72 Å². The standard InChI is InChI=1S/C10H6Br2ClN3O4S2/c11-6-1-3-14-8(5-6)22(19,20)16-9-7(12)2-4-15-10(9)21(13,17)18/h1-5,16H. The second kappa shape index (κ2) is 6.40. The molecule has 0 spiro atoms. The Balaban J connectivity index is 2.56. The first-order chi connectivity index (χ1) is 10.1. The van der Waals surface area contributed by atoms with Crippen LogP contribution >= 0.6 is 42.5 Å². The fraction of sp³-hybridized carbons (Fsp3) is 0. The predicted molar refractivity (Wildman–Crippen MR) is 87.7 cm³/mol. The van der Waals surface area contributed by atoms with E-state index in [2.05, 4.69) is 46.5 Å². The van der Waals surface area contributed by atoms with Crippen LogP contribution in [0.2, 0.25) is 0 Å². The van der Waals surface area contributed by atoms with Gasteiger partial charge in [-0.2, -0.15) is 8.42 Å². The topological polar surface area (TPSA) is 106 Å². The van der Waals surface area contributed by atoms with E-state index in [0.29, 0.717) is 4.47 Å². The molecule has 0 atom stereocenters. The minimum atomic E-state index is -4.24.